The van der Waals surface area contributed by atoms with Crippen LogP contribution < -0.4 is 14.8 Å². The van der Waals surface area contributed by atoms with E-state index < -0.39 is 12.0 Å². The highest BCUT2D eigenvalue weighted by molar-refractivity contribution is 5.74. The maximum absolute atomic E-state index is 11.0. The topological polar surface area (TPSA) is 67.8 Å². The molecule has 0 amide bonds. The fourth-order valence-electron chi connectivity index (χ4n) is 2.24. The largest absolute Gasteiger partial charge is 0.490 e. The van der Waals surface area contributed by atoms with Gasteiger partial charge in [0.1, 0.15) is 6.04 Å². The minimum Gasteiger partial charge on any atom is -0.490 e. The Kier molecular flexibility index (Phi) is 4.27. The van der Waals surface area contributed by atoms with Crippen molar-refractivity contribution in [2.45, 2.75) is 32.9 Å². The summed E-state index contributed by atoms with van der Waals surface area (Å²) >= 11 is 0. The van der Waals surface area contributed by atoms with Gasteiger partial charge < -0.3 is 19.9 Å². The molecule has 0 saturated carbocycles. The van der Waals surface area contributed by atoms with E-state index >= 15 is 0 Å². The maximum Gasteiger partial charge on any atom is 0.321 e. The first-order chi connectivity index (χ1) is 9.15. The van der Waals surface area contributed by atoms with Crippen molar-refractivity contribution in [2.75, 3.05) is 13.2 Å². The Morgan fingerprint density at radius 3 is 2.37 bits per heavy atom. The molecule has 0 fully saturated rings. The number of aliphatic carboxylic acids is 1. The van der Waals surface area contributed by atoms with Crippen LogP contribution in [0.15, 0.2) is 12.1 Å². The van der Waals surface area contributed by atoms with Crippen LogP contribution in [0.5, 0.6) is 11.5 Å². The predicted octanol–water partition coefficient (Wildman–Crippen LogP) is 1.58. The van der Waals surface area contributed by atoms with Gasteiger partial charge in [-0.25, -0.2) is 0 Å². The van der Waals surface area contributed by atoms with E-state index in [1.807, 2.05) is 26.0 Å². The average Bonchev–Trinajstić information content (AvgIpc) is 2.39. The van der Waals surface area contributed by atoms with Gasteiger partial charge in [-0.1, -0.05) is 0 Å². The molecule has 0 aromatic heterocycles. The molecule has 2 rings (SSSR count). The van der Waals surface area contributed by atoms with Gasteiger partial charge in [0.25, 0.3) is 0 Å². The summed E-state index contributed by atoms with van der Waals surface area (Å²) in [5.74, 6) is 0.588. The number of nitrogens with one attached hydrogen (secondary N) is 1. The van der Waals surface area contributed by atoms with Crippen LogP contribution in [0.1, 0.15) is 25.0 Å². The van der Waals surface area contributed by atoms with Crippen molar-refractivity contribution in [1.82, 2.24) is 5.32 Å². The third kappa shape index (κ3) is 2.98. The molecule has 2 N–H and O–H groups in total. The summed E-state index contributed by atoms with van der Waals surface area (Å²) in [6, 6.07) is 3.31. The van der Waals surface area contributed by atoms with E-state index in [9.17, 15) is 4.79 Å². The van der Waals surface area contributed by atoms with Crippen LogP contribution in [0.2, 0.25) is 0 Å². The molecule has 0 aliphatic carbocycles. The summed E-state index contributed by atoms with van der Waals surface area (Å²) in [5.41, 5.74) is 2.09. The second-order valence-electron chi connectivity index (χ2n) is 4.41. The highest BCUT2D eigenvalue weighted by Crippen LogP contribution is 2.33. The summed E-state index contributed by atoms with van der Waals surface area (Å²) in [5, 5.41) is 12.1. The van der Waals surface area contributed by atoms with E-state index in [0.29, 0.717) is 31.9 Å². The lowest BCUT2D eigenvalue weighted by Crippen LogP contribution is -2.41. The van der Waals surface area contributed by atoms with Crippen LogP contribution in [-0.4, -0.2) is 30.3 Å². The van der Waals surface area contributed by atoms with E-state index in [1.165, 1.54) is 0 Å². The second-order valence-corrected chi connectivity index (χ2v) is 4.41. The predicted molar refractivity (Wildman–Crippen MR) is 70.7 cm³/mol. The number of hydrogen-bond donors (Lipinski definition) is 2. The Labute approximate surface area is 112 Å². The summed E-state index contributed by atoms with van der Waals surface area (Å²) in [4.78, 5) is 11.0. The first kappa shape index (κ1) is 13.7. The van der Waals surface area contributed by atoms with Crippen LogP contribution >= 0.6 is 0 Å². The van der Waals surface area contributed by atoms with Crippen LogP contribution in [-0.2, 0) is 17.8 Å². The highest BCUT2D eigenvalue weighted by Gasteiger charge is 2.25. The molecular weight excluding hydrogens is 246 g/mol. The van der Waals surface area contributed by atoms with Gasteiger partial charge >= 0.3 is 5.97 Å². The minimum atomic E-state index is -0.822. The summed E-state index contributed by atoms with van der Waals surface area (Å²) < 4.78 is 11.1. The second kappa shape index (κ2) is 5.93. The average molecular weight is 265 g/mol. The first-order valence-corrected chi connectivity index (χ1v) is 6.53. The zero-order valence-electron chi connectivity index (χ0n) is 11.2. The number of hydrogen-bond acceptors (Lipinski definition) is 4. The van der Waals surface area contributed by atoms with Crippen molar-refractivity contribution < 1.29 is 19.4 Å². The smallest absolute Gasteiger partial charge is 0.321 e. The standard InChI is InChI=1S/C14H19NO4/c1-3-18-12-6-9-5-11(14(16)17)15-8-10(9)7-13(12)19-4-2/h6-7,11,15H,3-5,8H2,1-2H3,(H,16,17)/t11-/m1/s1. The van der Waals surface area contributed by atoms with E-state index in [-0.39, 0.29) is 0 Å². The third-order valence-corrected chi connectivity index (χ3v) is 3.13. The molecule has 104 valence electrons. The molecule has 19 heavy (non-hydrogen) atoms. The van der Waals surface area contributed by atoms with Crippen molar-refractivity contribution in [1.29, 1.82) is 0 Å². The van der Waals surface area contributed by atoms with E-state index in [4.69, 9.17) is 14.6 Å². The lowest BCUT2D eigenvalue weighted by Gasteiger charge is -2.24. The molecule has 0 saturated heterocycles. The Bertz CT molecular complexity index is 473. The molecule has 0 bridgehead atoms. The van der Waals surface area contributed by atoms with Crippen LogP contribution in [0.4, 0.5) is 0 Å². The number of benzene rings is 1. The van der Waals surface area contributed by atoms with Gasteiger partial charge in [0.2, 0.25) is 0 Å². The van der Waals surface area contributed by atoms with Crippen molar-refractivity contribution in [3.05, 3.63) is 23.3 Å². The van der Waals surface area contributed by atoms with Gasteiger partial charge in [0, 0.05) is 6.54 Å². The van der Waals surface area contributed by atoms with Crippen molar-refractivity contribution in [3.63, 3.8) is 0 Å². The van der Waals surface area contributed by atoms with E-state index in [0.717, 1.165) is 16.9 Å². The molecule has 5 nitrogen and oxygen atoms in total. The number of carboxylic acid groups (broad SMARTS) is 1. The highest BCUT2D eigenvalue weighted by atomic mass is 16.5. The van der Waals surface area contributed by atoms with Crippen molar-refractivity contribution in [2.24, 2.45) is 0 Å². The van der Waals surface area contributed by atoms with Crippen LogP contribution in [0, 0.1) is 0 Å². The summed E-state index contributed by atoms with van der Waals surface area (Å²) in [7, 11) is 0. The van der Waals surface area contributed by atoms with E-state index in [1.54, 1.807) is 0 Å². The van der Waals surface area contributed by atoms with Crippen molar-refractivity contribution in [3.8, 4) is 11.5 Å². The summed E-state index contributed by atoms with van der Waals surface area (Å²) in [6.07, 6.45) is 0.469. The molecule has 1 atom stereocenters. The van der Waals surface area contributed by atoms with Gasteiger partial charge in [-0.3, -0.25) is 4.79 Å². The molecule has 1 aliphatic heterocycles. The zero-order valence-corrected chi connectivity index (χ0v) is 11.2. The van der Waals surface area contributed by atoms with Gasteiger partial charge in [-0.15, -0.1) is 0 Å². The normalized spacial score (nSPS) is 17.7. The lowest BCUT2D eigenvalue weighted by molar-refractivity contribution is -0.139. The number of carboxylic acids is 1. The molecule has 1 aromatic rings. The van der Waals surface area contributed by atoms with E-state index in [2.05, 4.69) is 5.32 Å². The van der Waals surface area contributed by atoms with Gasteiger partial charge in [-0.2, -0.15) is 0 Å². The zero-order chi connectivity index (χ0) is 13.8. The number of fused-ring (bicyclic) bond motifs is 1. The van der Waals surface area contributed by atoms with Crippen molar-refractivity contribution >= 4 is 5.97 Å². The molecule has 5 heteroatoms. The third-order valence-electron chi connectivity index (χ3n) is 3.13. The Hall–Kier alpha value is -1.75. The molecule has 1 aliphatic rings. The fraction of sp³-hybridized carbons (Fsp3) is 0.500. The van der Waals surface area contributed by atoms with Gasteiger partial charge in [-0.05, 0) is 43.5 Å². The van der Waals surface area contributed by atoms with Crippen LogP contribution in [0.3, 0.4) is 0 Å². The molecular formula is C14H19NO4. The number of ether oxygens (including phenoxy) is 2. The lowest BCUT2D eigenvalue weighted by atomic mass is 9.95. The van der Waals surface area contributed by atoms with Crippen LogP contribution in [0.25, 0.3) is 0 Å². The monoisotopic (exact) mass is 265 g/mol. The first-order valence-electron chi connectivity index (χ1n) is 6.53. The Morgan fingerprint density at radius 1 is 1.26 bits per heavy atom. The SMILES string of the molecule is CCOc1cc2c(cc1OCC)C[C@H](C(=O)O)NC2. The number of rotatable bonds is 5. The molecule has 0 unspecified atom stereocenters. The molecule has 0 radical (unpaired) electrons. The summed E-state index contributed by atoms with van der Waals surface area (Å²) in [6.45, 7) is 5.51. The quantitative estimate of drug-likeness (QED) is 0.846. The fourth-order valence-corrected chi connectivity index (χ4v) is 2.24. The maximum atomic E-state index is 11.0. The number of carbonyl (C=O) groups is 1. The van der Waals surface area contributed by atoms with Gasteiger partial charge in [0.05, 0.1) is 13.2 Å². The molecule has 1 aromatic carbocycles. The minimum absolute atomic E-state index is 0.469. The Balaban J connectivity index is 2.31. The Morgan fingerprint density at radius 2 is 1.84 bits per heavy atom. The van der Waals surface area contributed by atoms with Gasteiger partial charge in [0.15, 0.2) is 11.5 Å². The molecule has 0 spiro atoms. The molecule has 1 heterocycles.